The minimum absolute atomic E-state index is 0.142. The molecule has 230 valence electrons. The molecule has 1 aromatic carbocycles. The van der Waals surface area contributed by atoms with Crippen LogP contribution in [0.4, 0.5) is 0 Å². The smallest absolute Gasteiger partial charge is 0.303 e. The van der Waals surface area contributed by atoms with E-state index in [0.29, 0.717) is 49.7 Å². The maximum atomic E-state index is 11.0. The third-order valence-corrected chi connectivity index (χ3v) is 7.98. The first-order valence-corrected chi connectivity index (χ1v) is 15.4. The van der Waals surface area contributed by atoms with Gasteiger partial charge in [-0.3, -0.25) is 4.79 Å². The normalized spacial score (nSPS) is 29.5. The largest absolute Gasteiger partial charge is 0.491 e. The van der Waals surface area contributed by atoms with Crippen molar-refractivity contribution in [3.8, 4) is 5.75 Å². The summed E-state index contributed by atoms with van der Waals surface area (Å²) in [5.41, 5.74) is 0. The van der Waals surface area contributed by atoms with Gasteiger partial charge < -0.3 is 38.6 Å². The Labute approximate surface area is 248 Å². The fourth-order valence-electron chi connectivity index (χ4n) is 5.58. The van der Waals surface area contributed by atoms with Crippen LogP contribution in [0.3, 0.4) is 0 Å². The van der Waals surface area contributed by atoms with E-state index in [0.717, 1.165) is 38.5 Å². The molecule has 0 bridgehead atoms. The predicted octanol–water partition coefficient (Wildman–Crippen LogP) is 5.51. The van der Waals surface area contributed by atoms with Crippen molar-refractivity contribution >= 4 is 17.6 Å². The summed E-state index contributed by atoms with van der Waals surface area (Å²) in [7, 11) is 0. The Kier molecular flexibility index (Phi) is 13.7. The van der Waals surface area contributed by atoms with Crippen molar-refractivity contribution in [3.63, 3.8) is 0 Å². The van der Waals surface area contributed by atoms with E-state index in [2.05, 4.69) is 0 Å². The first kappa shape index (κ1) is 32.2. The maximum Gasteiger partial charge on any atom is 0.303 e. The van der Waals surface area contributed by atoms with Gasteiger partial charge in [-0.2, -0.15) is 0 Å². The summed E-state index contributed by atoms with van der Waals surface area (Å²) in [5, 5.41) is 20.5. The number of rotatable bonds is 16. The molecule has 1 saturated carbocycles. The van der Waals surface area contributed by atoms with Crippen LogP contribution in [-0.4, -0.2) is 79.6 Å². The number of aliphatic hydroxyl groups excluding tert-OH is 1. The first-order valence-electron chi connectivity index (χ1n) is 15.1. The number of hydrogen-bond donors (Lipinski definition) is 2. The molecule has 1 aliphatic carbocycles. The van der Waals surface area contributed by atoms with Crippen LogP contribution in [0.25, 0.3) is 0 Å². The van der Waals surface area contributed by atoms with Gasteiger partial charge in [0.05, 0.1) is 24.9 Å². The highest BCUT2D eigenvalue weighted by Crippen LogP contribution is 2.36. The van der Waals surface area contributed by atoms with Crippen LogP contribution in [0.15, 0.2) is 36.4 Å². The molecular formula is C31H45ClO9. The van der Waals surface area contributed by atoms with Crippen molar-refractivity contribution in [1.29, 1.82) is 0 Å². The number of carboxylic acid groups (broad SMARTS) is 1. The second kappa shape index (κ2) is 17.4. The number of aliphatic carboxylic acids is 1. The molecule has 2 aliphatic heterocycles. The lowest BCUT2D eigenvalue weighted by Crippen LogP contribution is -2.40. The van der Waals surface area contributed by atoms with Crippen LogP contribution in [0.2, 0.25) is 5.02 Å². The number of carboxylic acids is 1. The summed E-state index contributed by atoms with van der Waals surface area (Å²) in [6, 6.07) is 7.24. The number of carbonyl (C=O) groups is 1. The molecule has 41 heavy (non-hydrogen) atoms. The van der Waals surface area contributed by atoms with E-state index in [4.69, 9.17) is 45.1 Å². The quantitative estimate of drug-likeness (QED) is 0.188. The summed E-state index contributed by atoms with van der Waals surface area (Å²) in [6.07, 6.45) is 9.91. The molecule has 9 nitrogen and oxygen atoms in total. The molecule has 10 heteroatoms. The molecule has 0 amide bonds. The standard InChI is InChI=1S/C31H45ClO9/c32-22-10-9-11-23(18-22)38-20-24(40-29-14-5-7-16-36-29)21-39-31-25(12-3-1-2-4-13-28(34)35)26(33)19-27(31)41-30-15-6-8-17-37-30/h1,3,9-11,18,24-27,29-31,33H,2,4-8,12-17,19-21H2,(H,34,35)/b3-1-/t24?,25-,26-,27+,29?,30?,31+/m0/s1. The highest BCUT2D eigenvalue weighted by molar-refractivity contribution is 6.30. The highest BCUT2D eigenvalue weighted by atomic mass is 35.5. The summed E-state index contributed by atoms with van der Waals surface area (Å²) in [6.45, 7) is 1.83. The van der Waals surface area contributed by atoms with Crippen molar-refractivity contribution in [2.75, 3.05) is 26.4 Å². The number of unbranched alkanes of at least 4 members (excludes halogenated alkanes) is 1. The van der Waals surface area contributed by atoms with E-state index in [-0.39, 0.29) is 50.3 Å². The molecule has 0 aromatic heterocycles. The molecule has 0 spiro atoms. The molecule has 7 atom stereocenters. The lowest BCUT2D eigenvalue weighted by molar-refractivity contribution is -0.226. The molecule has 3 aliphatic rings. The van der Waals surface area contributed by atoms with E-state index < -0.39 is 18.2 Å². The van der Waals surface area contributed by atoms with E-state index in [9.17, 15) is 9.90 Å². The minimum atomic E-state index is -0.794. The van der Waals surface area contributed by atoms with Gasteiger partial charge in [-0.1, -0.05) is 29.8 Å². The lowest BCUT2D eigenvalue weighted by Gasteiger charge is -2.32. The van der Waals surface area contributed by atoms with Gasteiger partial charge in [-0.25, -0.2) is 0 Å². The monoisotopic (exact) mass is 596 g/mol. The molecule has 2 saturated heterocycles. The van der Waals surface area contributed by atoms with Gasteiger partial charge in [0.2, 0.25) is 0 Å². The van der Waals surface area contributed by atoms with Crippen molar-refractivity contribution < 1.29 is 43.4 Å². The first-order chi connectivity index (χ1) is 20.0. The molecule has 0 radical (unpaired) electrons. The second-order valence-electron chi connectivity index (χ2n) is 11.1. The molecule has 4 rings (SSSR count). The predicted molar refractivity (Wildman–Crippen MR) is 153 cm³/mol. The van der Waals surface area contributed by atoms with Gasteiger partial charge >= 0.3 is 5.97 Å². The number of benzene rings is 1. The third kappa shape index (κ3) is 11.1. The van der Waals surface area contributed by atoms with Crippen LogP contribution < -0.4 is 4.74 Å². The summed E-state index contributed by atoms with van der Waals surface area (Å²) < 4.78 is 36.9. The van der Waals surface area contributed by atoms with E-state index in [1.807, 2.05) is 24.3 Å². The Morgan fingerprint density at radius 1 is 1.07 bits per heavy atom. The lowest BCUT2D eigenvalue weighted by atomic mass is 9.98. The van der Waals surface area contributed by atoms with Crippen LogP contribution >= 0.6 is 11.6 Å². The third-order valence-electron chi connectivity index (χ3n) is 7.75. The number of ether oxygens (including phenoxy) is 6. The van der Waals surface area contributed by atoms with Crippen LogP contribution in [0.1, 0.15) is 70.6 Å². The van der Waals surface area contributed by atoms with Crippen molar-refractivity contribution in [3.05, 3.63) is 41.4 Å². The van der Waals surface area contributed by atoms with Crippen LogP contribution in [-0.2, 0) is 28.5 Å². The van der Waals surface area contributed by atoms with Gasteiger partial charge in [0, 0.05) is 37.0 Å². The van der Waals surface area contributed by atoms with Gasteiger partial charge in [-0.15, -0.1) is 0 Å². The zero-order valence-electron chi connectivity index (χ0n) is 23.7. The average Bonchev–Trinajstić information content (AvgIpc) is 3.26. The number of hydrogen-bond acceptors (Lipinski definition) is 8. The SMILES string of the molecule is O=C(O)CCC/C=C\C[C@@H]1[C@@H](OCC(COc2cccc(Cl)c2)OC2CCCCO2)[C@H](OC2CCCCO2)C[C@@H]1O. The maximum absolute atomic E-state index is 11.0. The molecule has 1 aromatic rings. The fourth-order valence-corrected chi connectivity index (χ4v) is 5.76. The van der Waals surface area contributed by atoms with Gasteiger partial charge in [0.15, 0.2) is 12.6 Å². The number of halogens is 1. The minimum Gasteiger partial charge on any atom is -0.491 e. The Balaban J connectivity index is 1.40. The summed E-state index contributed by atoms with van der Waals surface area (Å²) in [4.78, 5) is 10.8. The van der Waals surface area contributed by atoms with Crippen molar-refractivity contribution in [1.82, 2.24) is 0 Å². The van der Waals surface area contributed by atoms with Gasteiger partial charge in [-0.05, 0) is 76.0 Å². The molecular weight excluding hydrogens is 552 g/mol. The van der Waals surface area contributed by atoms with Crippen LogP contribution in [0, 0.1) is 5.92 Å². The number of allylic oxidation sites excluding steroid dienone is 2. The molecule has 3 fully saturated rings. The molecule has 2 heterocycles. The zero-order chi connectivity index (χ0) is 28.9. The zero-order valence-corrected chi connectivity index (χ0v) is 24.5. The average molecular weight is 597 g/mol. The summed E-state index contributed by atoms with van der Waals surface area (Å²) >= 11 is 6.14. The van der Waals surface area contributed by atoms with Gasteiger partial charge in [0.25, 0.3) is 0 Å². The van der Waals surface area contributed by atoms with Gasteiger partial charge in [0.1, 0.15) is 18.5 Å². The Hall–Kier alpha value is -1.72. The Bertz CT molecular complexity index is 932. The van der Waals surface area contributed by atoms with E-state index in [1.54, 1.807) is 12.1 Å². The Morgan fingerprint density at radius 3 is 2.56 bits per heavy atom. The van der Waals surface area contributed by atoms with Crippen LogP contribution in [0.5, 0.6) is 5.75 Å². The van der Waals surface area contributed by atoms with Crippen molar-refractivity contribution in [2.45, 2.75) is 108 Å². The number of aliphatic hydroxyl groups is 1. The fraction of sp³-hybridized carbons (Fsp3) is 0.710. The Morgan fingerprint density at radius 2 is 1.85 bits per heavy atom. The highest BCUT2D eigenvalue weighted by Gasteiger charge is 2.45. The van der Waals surface area contributed by atoms with Crippen molar-refractivity contribution in [2.24, 2.45) is 5.92 Å². The molecule has 3 unspecified atom stereocenters. The van der Waals surface area contributed by atoms with E-state index in [1.165, 1.54) is 0 Å². The second-order valence-corrected chi connectivity index (χ2v) is 11.5. The summed E-state index contributed by atoms with van der Waals surface area (Å²) in [5.74, 6) is -0.328. The molecule has 2 N–H and O–H groups in total. The topological polar surface area (TPSA) is 113 Å². The van der Waals surface area contributed by atoms with E-state index >= 15 is 0 Å².